The first kappa shape index (κ1) is 16.9. The first-order valence-corrected chi connectivity index (χ1v) is 8.33. The van der Waals surface area contributed by atoms with Crippen LogP contribution in [0.15, 0.2) is 17.0 Å². The number of sulfonamides is 1. The van der Waals surface area contributed by atoms with Crippen molar-refractivity contribution in [1.29, 1.82) is 0 Å². The number of benzene rings is 1. The summed E-state index contributed by atoms with van der Waals surface area (Å²) in [4.78, 5) is 11.8. The topological polar surface area (TPSA) is 89.3 Å². The Labute approximate surface area is 124 Å². The lowest BCUT2D eigenvalue weighted by Crippen LogP contribution is -2.16. The SMILES string of the molecule is Cc1cc(S(N)(=O)=O)cc(NC(=O)CCCCCl)c1C. The summed E-state index contributed by atoms with van der Waals surface area (Å²) >= 11 is 5.55. The van der Waals surface area contributed by atoms with Crippen LogP contribution in [-0.4, -0.2) is 20.2 Å². The van der Waals surface area contributed by atoms with Gasteiger partial charge < -0.3 is 5.32 Å². The van der Waals surface area contributed by atoms with Gasteiger partial charge in [0.15, 0.2) is 0 Å². The van der Waals surface area contributed by atoms with Gasteiger partial charge in [0.2, 0.25) is 15.9 Å². The molecule has 112 valence electrons. The highest BCUT2D eigenvalue weighted by molar-refractivity contribution is 7.89. The molecule has 0 saturated heterocycles. The molecule has 3 N–H and O–H groups in total. The normalized spacial score (nSPS) is 11.4. The third kappa shape index (κ3) is 4.77. The maximum atomic E-state index is 11.8. The van der Waals surface area contributed by atoms with Gasteiger partial charge in [-0.15, -0.1) is 11.6 Å². The van der Waals surface area contributed by atoms with E-state index in [1.807, 2.05) is 6.92 Å². The third-order valence-corrected chi connectivity index (χ3v) is 4.19. The van der Waals surface area contributed by atoms with E-state index in [4.69, 9.17) is 16.7 Å². The number of amides is 1. The van der Waals surface area contributed by atoms with Crippen molar-refractivity contribution in [2.24, 2.45) is 5.14 Å². The molecular formula is C13H19ClN2O3S. The fourth-order valence-electron chi connectivity index (χ4n) is 1.71. The maximum Gasteiger partial charge on any atom is 0.238 e. The Morgan fingerprint density at radius 1 is 1.30 bits per heavy atom. The number of hydrogen-bond donors (Lipinski definition) is 2. The minimum absolute atomic E-state index is 0.00309. The molecule has 0 fully saturated rings. The summed E-state index contributed by atoms with van der Waals surface area (Å²) in [7, 11) is -3.79. The number of hydrogen-bond acceptors (Lipinski definition) is 3. The molecule has 5 nitrogen and oxygen atoms in total. The minimum Gasteiger partial charge on any atom is -0.326 e. The first-order chi connectivity index (χ1) is 9.25. The average molecular weight is 319 g/mol. The van der Waals surface area contributed by atoms with Crippen LogP contribution >= 0.6 is 11.6 Å². The van der Waals surface area contributed by atoms with Gasteiger partial charge in [0.1, 0.15) is 0 Å². The van der Waals surface area contributed by atoms with Gasteiger partial charge in [-0.25, -0.2) is 13.6 Å². The van der Waals surface area contributed by atoms with Crippen LogP contribution in [0.4, 0.5) is 5.69 Å². The third-order valence-electron chi connectivity index (χ3n) is 3.03. The van der Waals surface area contributed by atoms with Crippen LogP contribution in [0, 0.1) is 13.8 Å². The van der Waals surface area contributed by atoms with E-state index < -0.39 is 10.0 Å². The summed E-state index contributed by atoms with van der Waals surface area (Å²) in [6.07, 6.45) is 1.82. The van der Waals surface area contributed by atoms with Gasteiger partial charge >= 0.3 is 0 Å². The van der Waals surface area contributed by atoms with Crippen LogP contribution in [-0.2, 0) is 14.8 Å². The van der Waals surface area contributed by atoms with E-state index in [1.54, 1.807) is 6.92 Å². The van der Waals surface area contributed by atoms with Crippen molar-refractivity contribution in [3.63, 3.8) is 0 Å². The molecule has 0 heterocycles. The van der Waals surface area contributed by atoms with Crippen molar-refractivity contribution in [1.82, 2.24) is 0 Å². The number of rotatable bonds is 6. The highest BCUT2D eigenvalue weighted by Gasteiger charge is 2.14. The lowest BCUT2D eigenvalue weighted by atomic mass is 10.1. The first-order valence-electron chi connectivity index (χ1n) is 6.25. The Balaban J connectivity index is 2.95. The molecule has 7 heteroatoms. The van der Waals surface area contributed by atoms with Gasteiger partial charge in [-0.3, -0.25) is 4.79 Å². The number of aryl methyl sites for hydroxylation is 1. The zero-order valence-electron chi connectivity index (χ0n) is 11.6. The highest BCUT2D eigenvalue weighted by atomic mass is 35.5. The van der Waals surface area contributed by atoms with E-state index in [9.17, 15) is 13.2 Å². The summed E-state index contributed by atoms with van der Waals surface area (Å²) in [5.41, 5.74) is 2.06. The molecule has 1 amide bonds. The van der Waals surface area contributed by atoms with E-state index in [1.165, 1.54) is 12.1 Å². The lowest BCUT2D eigenvalue weighted by Gasteiger charge is -2.12. The second kappa shape index (κ2) is 7.06. The molecule has 1 rings (SSSR count). The van der Waals surface area contributed by atoms with Crippen LogP contribution in [0.5, 0.6) is 0 Å². The number of unbranched alkanes of at least 4 members (excludes halogenated alkanes) is 1. The second-order valence-corrected chi connectivity index (χ2v) is 6.59. The van der Waals surface area contributed by atoms with E-state index in [0.29, 0.717) is 24.4 Å². The molecule has 1 aromatic rings. The van der Waals surface area contributed by atoms with E-state index in [2.05, 4.69) is 5.32 Å². The number of nitrogens with one attached hydrogen (secondary N) is 1. The van der Waals surface area contributed by atoms with E-state index in [-0.39, 0.29) is 10.8 Å². The molecule has 0 bridgehead atoms. The fraction of sp³-hybridized carbons (Fsp3) is 0.462. The predicted octanol–water partition coefficient (Wildman–Crippen LogP) is 2.30. The summed E-state index contributed by atoms with van der Waals surface area (Å²) in [6, 6.07) is 2.88. The summed E-state index contributed by atoms with van der Waals surface area (Å²) < 4.78 is 22.8. The lowest BCUT2D eigenvalue weighted by molar-refractivity contribution is -0.116. The van der Waals surface area contributed by atoms with Gasteiger partial charge in [0.05, 0.1) is 4.90 Å². The zero-order valence-corrected chi connectivity index (χ0v) is 13.1. The van der Waals surface area contributed by atoms with E-state index >= 15 is 0 Å². The quantitative estimate of drug-likeness (QED) is 0.623. The molecular weight excluding hydrogens is 300 g/mol. The maximum absolute atomic E-state index is 11.8. The largest absolute Gasteiger partial charge is 0.326 e. The van der Waals surface area contributed by atoms with Gasteiger partial charge in [-0.2, -0.15) is 0 Å². The summed E-state index contributed by atoms with van der Waals surface area (Å²) in [6.45, 7) is 3.59. The van der Waals surface area contributed by atoms with E-state index in [0.717, 1.165) is 17.5 Å². The number of carbonyl (C=O) groups excluding carboxylic acids is 1. The minimum atomic E-state index is -3.79. The molecule has 0 radical (unpaired) electrons. The molecule has 0 aromatic heterocycles. The molecule has 0 aliphatic rings. The highest BCUT2D eigenvalue weighted by Crippen LogP contribution is 2.23. The molecule has 1 aromatic carbocycles. The smallest absolute Gasteiger partial charge is 0.238 e. The van der Waals surface area contributed by atoms with Crippen LogP contribution in [0.25, 0.3) is 0 Å². The number of alkyl halides is 1. The van der Waals surface area contributed by atoms with Gasteiger partial charge in [-0.05, 0) is 49.9 Å². The molecule has 0 unspecified atom stereocenters. The number of primary sulfonamides is 1. The molecule has 0 saturated carbocycles. The van der Waals surface area contributed by atoms with Gasteiger partial charge in [0.25, 0.3) is 0 Å². The Bertz CT molecular complexity index is 600. The van der Waals surface area contributed by atoms with Crippen LogP contribution in [0.1, 0.15) is 30.4 Å². The number of nitrogens with two attached hydrogens (primary N) is 1. The van der Waals surface area contributed by atoms with Gasteiger partial charge in [0, 0.05) is 18.0 Å². The van der Waals surface area contributed by atoms with Crippen molar-refractivity contribution in [3.8, 4) is 0 Å². The Kier molecular flexibility index (Phi) is 5.98. The van der Waals surface area contributed by atoms with Gasteiger partial charge in [-0.1, -0.05) is 0 Å². The number of anilines is 1. The number of halogens is 1. The molecule has 0 atom stereocenters. The monoisotopic (exact) mass is 318 g/mol. The zero-order chi connectivity index (χ0) is 15.3. The molecule has 20 heavy (non-hydrogen) atoms. The predicted molar refractivity (Wildman–Crippen MR) is 80.5 cm³/mol. The van der Waals surface area contributed by atoms with Crippen molar-refractivity contribution in [2.45, 2.75) is 38.0 Å². The standard InChI is InChI=1S/C13H19ClN2O3S/c1-9-7-11(20(15,18)19)8-12(10(9)2)16-13(17)5-3-4-6-14/h7-8H,3-6H2,1-2H3,(H,16,17)(H2,15,18,19). The van der Waals surface area contributed by atoms with Crippen LogP contribution in [0.2, 0.25) is 0 Å². The molecule has 0 spiro atoms. The Hall–Kier alpha value is -1.11. The molecule has 0 aliphatic carbocycles. The van der Waals surface area contributed by atoms with Crippen molar-refractivity contribution < 1.29 is 13.2 Å². The fourth-order valence-corrected chi connectivity index (χ4v) is 2.53. The van der Waals surface area contributed by atoms with Crippen molar-refractivity contribution >= 4 is 33.2 Å². The van der Waals surface area contributed by atoms with Crippen molar-refractivity contribution in [3.05, 3.63) is 23.3 Å². The number of carbonyl (C=O) groups is 1. The second-order valence-electron chi connectivity index (χ2n) is 4.65. The Morgan fingerprint density at radius 2 is 1.95 bits per heavy atom. The van der Waals surface area contributed by atoms with Crippen LogP contribution < -0.4 is 10.5 Å². The average Bonchev–Trinajstić information content (AvgIpc) is 2.33. The summed E-state index contributed by atoms with van der Waals surface area (Å²) in [5.74, 6) is 0.357. The van der Waals surface area contributed by atoms with Crippen molar-refractivity contribution in [2.75, 3.05) is 11.2 Å². The van der Waals surface area contributed by atoms with Crippen LogP contribution in [0.3, 0.4) is 0 Å². The summed E-state index contributed by atoms with van der Waals surface area (Å²) in [5, 5.41) is 7.84. The Morgan fingerprint density at radius 3 is 2.50 bits per heavy atom. The molecule has 0 aliphatic heterocycles.